The van der Waals surface area contributed by atoms with Crippen LogP contribution in [0.25, 0.3) is 0 Å². The van der Waals surface area contributed by atoms with Gasteiger partial charge in [-0.25, -0.2) is 17.9 Å². The molecule has 21 heavy (non-hydrogen) atoms. The van der Waals surface area contributed by atoms with Crippen LogP contribution in [0.4, 0.5) is 18.9 Å². The molecule has 0 spiro atoms. The average molecular weight is 326 g/mol. The Morgan fingerprint density at radius 2 is 1.90 bits per heavy atom. The van der Waals surface area contributed by atoms with Gasteiger partial charge in [0, 0.05) is 18.8 Å². The van der Waals surface area contributed by atoms with Gasteiger partial charge in [0.2, 0.25) is 10.0 Å². The maximum Gasteiger partial charge on any atom is 0.417 e. The molecule has 3 N–H and O–H groups in total. The van der Waals surface area contributed by atoms with Crippen molar-refractivity contribution in [3.05, 3.63) is 29.3 Å². The fraction of sp³-hybridized carbons (Fsp3) is 0.364. The lowest BCUT2D eigenvalue weighted by atomic mass is 10.1. The third-order valence-electron chi connectivity index (χ3n) is 2.37. The second-order valence-corrected chi connectivity index (χ2v) is 5.99. The summed E-state index contributed by atoms with van der Waals surface area (Å²) in [5.41, 5.74) is -1.96. The van der Waals surface area contributed by atoms with Gasteiger partial charge in [0.05, 0.1) is 17.4 Å². The number of carboxylic acids is 1. The van der Waals surface area contributed by atoms with Crippen LogP contribution in [0.1, 0.15) is 15.9 Å². The molecule has 1 rings (SSSR count). The molecule has 0 heterocycles. The van der Waals surface area contributed by atoms with Crippen LogP contribution >= 0.6 is 0 Å². The fourth-order valence-electron chi connectivity index (χ4n) is 1.52. The van der Waals surface area contributed by atoms with Crippen LogP contribution in [-0.4, -0.2) is 38.8 Å². The first kappa shape index (κ1) is 17.2. The normalized spacial score (nSPS) is 12.2. The van der Waals surface area contributed by atoms with E-state index >= 15 is 0 Å². The molecule has 0 saturated carbocycles. The first-order valence-corrected chi connectivity index (χ1v) is 7.53. The molecule has 0 fully saturated rings. The molecule has 0 aliphatic rings. The van der Waals surface area contributed by atoms with Crippen molar-refractivity contribution in [3.8, 4) is 0 Å². The van der Waals surface area contributed by atoms with Crippen LogP contribution in [0.5, 0.6) is 0 Å². The molecule has 1 aromatic rings. The summed E-state index contributed by atoms with van der Waals surface area (Å²) in [6.07, 6.45) is -3.79. The predicted molar refractivity (Wildman–Crippen MR) is 69.7 cm³/mol. The Balaban J connectivity index is 2.82. The Kier molecular flexibility index (Phi) is 5.18. The van der Waals surface area contributed by atoms with Gasteiger partial charge in [-0.3, -0.25) is 0 Å². The molecule has 1 aromatic carbocycles. The van der Waals surface area contributed by atoms with Gasteiger partial charge < -0.3 is 10.4 Å². The first-order chi connectivity index (χ1) is 9.50. The third kappa shape index (κ3) is 5.60. The molecule has 0 saturated heterocycles. The van der Waals surface area contributed by atoms with E-state index in [-0.39, 0.29) is 18.8 Å². The van der Waals surface area contributed by atoms with Crippen molar-refractivity contribution < 1.29 is 31.5 Å². The number of sulfonamides is 1. The summed E-state index contributed by atoms with van der Waals surface area (Å²) in [5.74, 6) is -1.69. The number of carboxylic acid groups (broad SMARTS) is 1. The maximum atomic E-state index is 12.6. The molecular weight excluding hydrogens is 313 g/mol. The van der Waals surface area contributed by atoms with Gasteiger partial charge in [0.15, 0.2) is 0 Å². The summed E-state index contributed by atoms with van der Waals surface area (Å²) in [5, 5.41) is 11.4. The van der Waals surface area contributed by atoms with Gasteiger partial charge >= 0.3 is 12.1 Å². The summed E-state index contributed by atoms with van der Waals surface area (Å²) < 4.78 is 61.6. The number of carbonyl (C=O) groups is 1. The van der Waals surface area contributed by atoms with Crippen molar-refractivity contribution in [2.45, 2.75) is 6.18 Å². The Bertz CT molecular complexity index is 629. The SMILES string of the molecule is CS(=O)(=O)NCCNc1ccc(C(F)(F)F)c(C(=O)O)c1. The topological polar surface area (TPSA) is 95.5 Å². The minimum atomic E-state index is -4.76. The van der Waals surface area contributed by atoms with Crippen LogP contribution in [0.15, 0.2) is 18.2 Å². The van der Waals surface area contributed by atoms with Crippen molar-refractivity contribution in [1.29, 1.82) is 0 Å². The van der Waals surface area contributed by atoms with Crippen LogP contribution in [-0.2, 0) is 16.2 Å². The Hall–Kier alpha value is -1.81. The molecule has 0 unspecified atom stereocenters. The molecule has 0 amide bonds. The number of halogens is 3. The number of anilines is 1. The molecule has 0 aromatic heterocycles. The standard InChI is InChI=1S/C11H13F3N2O4S/c1-21(19,20)16-5-4-15-7-2-3-9(11(12,13)14)8(6-7)10(17)18/h2-3,6,15-16H,4-5H2,1H3,(H,17,18). The molecule has 0 aliphatic heterocycles. The van der Waals surface area contributed by atoms with E-state index in [9.17, 15) is 26.4 Å². The molecule has 0 aliphatic carbocycles. The number of nitrogens with one attached hydrogen (secondary N) is 2. The molecule has 0 radical (unpaired) electrons. The molecule has 10 heteroatoms. The van der Waals surface area contributed by atoms with Gasteiger partial charge in [-0.1, -0.05) is 0 Å². The summed E-state index contributed by atoms with van der Waals surface area (Å²) in [4.78, 5) is 10.9. The lowest BCUT2D eigenvalue weighted by molar-refractivity contribution is -0.138. The highest BCUT2D eigenvalue weighted by atomic mass is 32.2. The average Bonchev–Trinajstić information content (AvgIpc) is 2.32. The highest BCUT2D eigenvalue weighted by Gasteiger charge is 2.35. The summed E-state index contributed by atoms with van der Waals surface area (Å²) in [6, 6.07) is 2.59. The van der Waals surface area contributed by atoms with E-state index in [0.717, 1.165) is 18.4 Å². The zero-order valence-corrected chi connectivity index (χ0v) is 11.7. The van der Waals surface area contributed by atoms with Crippen LogP contribution in [0.2, 0.25) is 0 Å². The fourth-order valence-corrected chi connectivity index (χ4v) is 1.99. The maximum absolute atomic E-state index is 12.6. The van der Waals surface area contributed by atoms with Gasteiger partial charge in [0.25, 0.3) is 0 Å². The number of hydrogen-bond donors (Lipinski definition) is 3. The second kappa shape index (κ2) is 6.31. The highest BCUT2D eigenvalue weighted by molar-refractivity contribution is 7.88. The zero-order valence-electron chi connectivity index (χ0n) is 10.9. The predicted octanol–water partition coefficient (Wildman–Crippen LogP) is 1.36. The highest BCUT2D eigenvalue weighted by Crippen LogP contribution is 2.33. The quantitative estimate of drug-likeness (QED) is 0.686. The van der Waals surface area contributed by atoms with Crippen molar-refractivity contribution in [2.24, 2.45) is 0 Å². The number of alkyl halides is 3. The van der Waals surface area contributed by atoms with Gasteiger partial charge in [-0.15, -0.1) is 0 Å². The number of rotatable bonds is 6. The summed E-state index contributed by atoms with van der Waals surface area (Å²) >= 11 is 0. The van der Waals surface area contributed by atoms with Crippen LogP contribution < -0.4 is 10.0 Å². The van der Waals surface area contributed by atoms with Crippen molar-refractivity contribution >= 4 is 21.7 Å². The Labute approximate surface area is 119 Å². The Morgan fingerprint density at radius 1 is 1.29 bits per heavy atom. The van der Waals surface area contributed by atoms with E-state index in [0.29, 0.717) is 6.07 Å². The minimum absolute atomic E-state index is 0.0161. The summed E-state index contributed by atoms with van der Waals surface area (Å²) in [7, 11) is -3.36. The van der Waals surface area contributed by atoms with Gasteiger partial charge in [-0.2, -0.15) is 13.2 Å². The van der Waals surface area contributed by atoms with Crippen molar-refractivity contribution in [3.63, 3.8) is 0 Å². The largest absolute Gasteiger partial charge is 0.478 e. The van der Waals surface area contributed by atoms with Crippen LogP contribution in [0.3, 0.4) is 0 Å². The van der Waals surface area contributed by atoms with Crippen molar-refractivity contribution in [2.75, 3.05) is 24.7 Å². The second-order valence-electron chi connectivity index (χ2n) is 4.16. The lowest BCUT2D eigenvalue weighted by Crippen LogP contribution is -2.27. The monoisotopic (exact) mass is 326 g/mol. The molecule has 0 atom stereocenters. The molecular formula is C11H13F3N2O4S. The number of benzene rings is 1. The van der Waals surface area contributed by atoms with E-state index in [1.807, 2.05) is 0 Å². The van der Waals surface area contributed by atoms with Crippen molar-refractivity contribution in [1.82, 2.24) is 4.72 Å². The number of hydrogen-bond acceptors (Lipinski definition) is 4. The van der Waals surface area contributed by atoms with E-state index in [4.69, 9.17) is 5.11 Å². The van der Waals surface area contributed by atoms with E-state index in [1.165, 1.54) is 0 Å². The van der Waals surface area contributed by atoms with E-state index in [2.05, 4.69) is 10.0 Å². The number of aromatic carboxylic acids is 1. The molecule has 0 bridgehead atoms. The molecule has 118 valence electrons. The van der Waals surface area contributed by atoms with Gasteiger partial charge in [-0.05, 0) is 18.2 Å². The van der Waals surface area contributed by atoms with Crippen LogP contribution in [0, 0.1) is 0 Å². The minimum Gasteiger partial charge on any atom is -0.478 e. The third-order valence-corrected chi connectivity index (χ3v) is 3.10. The van der Waals surface area contributed by atoms with Gasteiger partial charge in [0.1, 0.15) is 0 Å². The lowest BCUT2D eigenvalue weighted by Gasteiger charge is -2.13. The summed E-state index contributed by atoms with van der Waals surface area (Å²) in [6.45, 7) is 0.111. The van der Waals surface area contributed by atoms with E-state index < -0.39 is 33.3 Å². The zero-order chi connectivity index (χ0) is 16.3. The Morgan fingerprint density at radius 3 is 2.38 bits per heavy atom. The van der Waals surface area contributed by atoms with E-state index in [1.54, 1.807) is 0 Å². The smallest absolute Gasteiger partial charge is 0.417 e. The molecule has 6 nitrogen and oxygen atoms in total. The first-order valence-electron chi connectivity index (χ1n) is 5.64.